The third kappa shape index (κ3) is 3.80. The Balaban J connectivity index is 1.72. The van der Waals surface area contributed by atoms with Crippen LogP contribution in [0.15, 0.2) is 24.3 Å². The lowest BCUT2D eigenvalue weighted by molar-refractivity contribution is 0.0706. The summed E-state index contributed by atoms with van der Waals surface area (Å²) >= 11 is 1.79. The first-order chi connectivity index (χ1) is 10.3. The first-order valence-corrected chi connectivity index (χ1v) is 9.14. The van der Waals surface area contributed by atoms with E-state index in [1.807, 2.05) is 12.1 Å². The summed E-state index contributed by atoms with van der Waals surface area (Å²) in [5.41, 5.74) is 2.07. The van der Waals surface area contributed by atoms with Gasteiger partial charge in [-0.3, -0.25) is 4.79 Å². The van der Waals surface area contributed by atoms with E-state index in [1.165, 1.54) is 5.56 Å². The molecule has 0 unspecified atom stereocenters. The van der Waals surface area contributed by atoms with Crippen molar-refractivity contribution in [1.82, 2.24) is 4.90 Å². The number of hydrogen-bond acceptors (Lipinski definition) is 3. The van der Waals surface area contributed by atoms with E-state index in [9.17, 15) is 4.79 Å². The van der Waals surface area contributed by atoms with Crippen molar-refractivity contribution >= 4 is 17.7 Å². The van der Waals surface area contributed by atoms with Gasteiger partial charge in [-0.2, -0.15) is 11.8 Å². The minimum absolute atomic E-state index is 0.201. The highest BCUT2D eigenvalue weighted by atomic mass is 32.2. The molecule has 1 saturated heterocycles. The van der Waals surface area contributed by atoms with Crippen molar-refractivity contribution in [2.45, 2.75) is 31.1 Å². The summed E-state index contributed by atoms with van der Waals surface area (Å²) in [7, 11) is 0. The Morgan fingerprint density at radius 3 is 2.90 bits per heavy atom. The zero-order valence-electron chi connectivity index (χ0n) is 12.6. The predicted molar refractivity (Wildman–Crippen MR) is 86.6 cm³/mol. The average molecular weight is 305 g/mol. The van der Waals surface area contributed by atoms with Gasteiger partial charge in [-0.15, -0.1) is 0 Å². The van der Waals surface area contributed by atoms with Crippen LogP contribution in [0.2, 0.25) is 0 Å². The lowest BCUT2D eigenvalue weighted by Gasteiger charge is -2.25. The zero-order chi connectivity index (χ0) is 14.7. The van der Waals surface area contributed by atoms with Crippen LogP contribution in [0.4, 0.5) is 0 Å². The van der Waals surface area contributed by atoms with Gasteiger partial charge >= 0.3 is 0 Å². The maximum atomic E-state index is 12.8. The molecular formula is C17H23NO2S. The quantitative estimate of drug-likeness (QED) is 0.808. The van der Waals surface area contributed by atoms with Gasteiger partial charge in [-0.1, -0.05) is 12.1 Å². The normalized spacial score (nSPS) is 21.5. The Morgan fingerprint density at radius 1 is 1.38 bits per heavy atom. The van der Waals surface area contributed by atoms with Crippen molar-refractivity contribution in [3.05, 3.63) is 35.4 Å². The highest BCUT2D eigenvalue weighted by Gasteiger charge is 2.35. The fourth-order valence-corrected chi connectivity index (χ4v) is 3.43. The van der Waals surface area contributed by atoms with Gasteiger partial charge in [-0.05, 0) is 43.2 Å². The summed E-state index contributed by atoms with van der Waals surface area (Å²) < 4.78 is 5.45. The van der Waals surface area contributed by atoms with Gasteiger partial charge in [0.15, 0.2) is 0 Å². The number of ether oxygens (including phenoxy) is 1. The highest BCUT2D eigenvalue weighted by Crippen LogP contribution is 2.30. The van der Waals surface area contributed by atoms with Crippen molar-refractivity contribution in [1.29, 1.82) is 0 Å². The van der Waals surface area contributed by atoms with E-state index in [0.29, 0.717) is 12.0 Å². The van der Waals surface area contributed by atoms with E-state index in [4.69, 9.17) is 4.74 Å². The van der Waals surface area contributed by atoms with Gasteiger partial charge in [0.05, 0.1) is 6.61 Å². The van der Waals surface area contributed by atoms with E-state index in [-0.39, 0.29) is 5.91 Å². The largest absolute Gasteiger partial charge is 0.381 e. The Kier molecular flexibility index (Phi) is 4.86. The van der Waals surface area contributed by atoms with E-state index >= 15 is 0 Å². The topological polar surface area (TPSA) is 29.5 Å². The lowest BCUT2D eigenvalue weighted by Crippen LogP contribution is -2.37. The first kappa shape index (κ1) is 14.9. The van der Waals surface area contributed by atoms with E-state index < -0.39 is 0 Å². The second-order valence-corrected chi connectivity index (χ2v) is 6.92. The van der Waals surface area contributed by atoms with Crippen LogP contribution in [-0.4, -0.2) is 42.9 Å². The second kappa shape index (κ2) is 6.84. The van der Waals surface area contributed by atoms with Gasteiger partial charge in [0.25, 0.3) is 5.91 Å². The fraction of sp³-hybridized carbons (Fsp3) is 0.588. The summed E-state index contributed by atoms with van der Waals surface area (Å²) in [4.78, 5) is 14.9. The van der Waals surface area contributed by atoms with Gasteiger partial charge in [0.1, 0.15) is 0 Å². The van der Waals surface area contributed by atoms with Crippen molar-refractivity contribution in [2.24, 2.45) is 5.92 Å². The molecule has 1 saturated carbocycles. The van der Waals surface area contributed by atoms with Crippen LogP contribution in [0.5, 0.6) is 0 Å². The van der Waals surface area contributed by atoms with Gasteiger partial charge in [0.2, 0.25) is 0 Å². The lowest BCUT2D eigenvalue weighted by atomic mass is 10.1. The maximum absolute atomic E-state index is 12.8. The maximum Gasteiger partial charge on any atom is 0.254 e. The molecule has 114 valence electrons. The van der Waals surface area contributed by atoms with Crippen LogP contribution in [0.25, 0.3) is 0 Å². The van der Waals surface area contributed by atoms with Crippen LogP contribution >= 0.6 is 11.8 Å². The zero-order valence-corrected chi connectivity index (χ0v) is 13.4. The Hall–Kier alpha value is -1.00. The number of rotatable bonds is 6. The summed E-state index contributed by atoms with van der Waals surface area (Å²) in [6.07, 6.45) is 5.49. The van der Waals surface area contributed by atoms with Gasteiger partial charge in [0, 0.05) is 36.4 Å². The molecular weight excluding hydrogens is 282 g/mol. The fourth-order valence-electron chi connectivity index (χ4n) is 2.92. The van der Waals surface area contributed by atoms with Crippen LogP contribution < -0.4 is 0 Å². The molecule has 1 amide bonds. The number of hydrogen-bond donors (Lipinski definition) is 0. The summed E-state index contributed by atoms with van der Waals surface area (Å²) in [6, 6.07) is 8.57. The predicted octanol–water partition coefficient (Wildman–Crippen LogP) is 3.19. The molecule has 0 radical (unpaired) electrons. The highest BCUT2D eigenvalue weighted by molar-refractivity contribution is 7.97. The molecule has 0 aromatic heterocycles. The minimum atomic E-state index is 0.201. The van der Waals surface area contributed by atoms with Crippen molar-refractivity contribution in [3.8, 4) is 0 Å². The van der Waals surface area contributed by atoms with Gasteiger partial charge in [-0.25, -0.2) is 0 Å². The SMILES string of the molecule is CSCc1cccc(C(=O)N(C[C@H]2CCOC2)C2CC2)c1. The molecule has 1 heterocycles. The Bertz CT molecular complexity index is 495. The molecule has 3 nitrogen and oxygen atoms in total. The second-order valence-electron chi connectivity index (χ2n) is 6.05. The molecule has 3 rings (SSSR count). The minimum Gasteiger partial charge on any atom is -0.381 e. The number of amides is 1. The van der Waals surface area contributed by atoms with Crippen molar-refractivity contribution in [2.75, 3.05) is 26.0 Å². The van der Waals surface area contributed by atoms with Crippen LogP contribution in [0.1, 0.15) is 35.2 Å². The number of thioether (sulfide) groups is 1. The smallest absolute Gasteiger partial charge is 0.254 e. The van der Waals surface area contributed by atoms with Crippen LogP contribution in [0.3, 0.4) is 0 Å². The molecule has 1 atom stereocenters. The molecule has 0 spiro atoms. The van der Waals surface area contributed by atoms with Gasteiger partial charge < -0.3 is 9.64 Å². The Morgan fingerprint density at radius 2 is 2.24 bits per heavy atom. The monoisotopic (exact) mass is 305 g/mol. The molecule has 0 bridgehead atoms. The Labute approximate surface area is 131 Å². The van der Waals surface area contributed by atoms with E-state index in [1.54, 1.807) is 11.8 Å². The first-order valence-electron chi connectivity index (χ1n) is 7.74. The molecule has 1 aromatic carbocycles. The number of nitrogens with zero attached hydrogens (tertiary/aromatic N) is 1. The average Bonchev–Trinajstić information content (AvgIpc) is 3.21. The molecule has 2 fully saturated rings. The van der Waals surface area contributed by atoms with Crippen LogP contribution in [0, 0.1) is 5.92 Å². The molecule has 1 aliphatic heterocycles. The number of carbonyl (C=O) groups excluding carboxylic acids is 1. The molecule has 1 aromatic rings. The number of carbonyl (C=O) groups is 1. The third-order valence-corrected chi connectivity index (χ3v) is 4.83. The molecule has 1 aliphatic carbocycles. The molecule has 0 N–H and O–H groups in total. The summed E-state index contributed by atoms with van der Waals surface area (Å²) in [6.45, 7) is 2.51. The molecule has 4 heteroatoms. The molecule has 2 aliphatic rings. The number of benzene rings is 1. The van der Waals surface area contributed by atoms with Crippen molar-refractivity contribution in [3.63, 3.8) is 0 Å². The van der Waals surface area contributed by atoms with E-state index in [0.717, 1.165) is 50.3 Å². The van der Waals surface area contributed by atoms with Crippen molar-refractivity contribution < 1.29 is 9.53 Å². The van der Waals surface area contributed by atoms with Crippen LogP contribution in [-0.2, 0) is 10.5 Å². The third-order valence-electron chi connectivity index (χ3n) is 4.21. The summed E-state index contributed by atoms with van der Waals surface area (Å²) in [5.74, 6) is 1.68. The standard InChI is InChI=1S/C17H23NO2S/c1-21-12-13-3-2-4-15(9-13)17(19)18(16-5-6-16)10-14-7-8-20-11-14/h2-4,9,14,16H,5-8,10-12H2,1H3/t14-/m1/s1. The van der Waals surface area contributed by atoms with E-state index in [2.05, 4.69) is 23.3 Å². The molecule has 21 heavy (non-hydrogen) atoms. The summed E-state index contributed by atoms with van der Waals surface area (Å²) in [5, 5.41) is 0.